The van der Waals surface area contributed by atoms with Crippen LogP contribution in [0.5, 0.6) is 0 Å². The van der Waals surface area contributed by atoms with Crippen molar-refractivity contribution < 1.29 is 19.8 Å². The van der Waals surface area contributed by atoms with Crippen LogP contribution >= 0.6 is 0 Å². The van der Waals surface area contributed by atoms with Crippen molar-refractivity contribution in [2.75, 3.05) is 6.54 Å². The second-order valence-electron chi connectivity index (χ2n) is 4.67. The summed E-state index contributed by atoms with van der Waals surface area (Å²) in [6.45, 7) is 1.16. The minimum Gasteiger partial charge on any atom is -0.480 e. The van der Waals surface area contributed by atoms with Crippen LogP contribution in [0.2, 0.25) is 0 Å². The van der Waals surface area contributed by atoms with Crippen LogP contribution in [0, 0.1) is 0 Å². The van der Waals surface area contributed by atoms with E-state index in [2.05, 4.69) is 10.3 Å². The predicted molar refractivity (Wildman–Crippen MR) is 72.1 cm³/mol. The van der Waals surface area contributed by atoms with Gasteiger partial charge in [0.1, 0.15) is 12.2 Å². The first-order valence-electron chi connectivity index (χ1n) is 5.98. The molecule has 3 N–H and O–H groups in total. The van der Waals surface area contributed by atoms with Crippen molar-refractivity contribution in [1.29, 1.82) is 0 Å². The summed E-state index contributed by atoms with van der Waals surface area (Å²) in [6, 6.07) is 1.52. The summed E-state index contributed by atoms with van der Waals surface area (Å²) in [7, 11) is 0. The highest BCUT2D eigenvalue weighted by Crippen LogP contribution is 2.08. The number of rotatable bonds is 3. The number of pyridine rings is 1. The molecule has 0 radical (unpaired) electrons. The molecule has 104 valence electrons. The Bertz CT molecular complexity index is 704. The number of fused-ring (bicyclic) bond motifs is 1. The van der Waals surface area contributed by atoms with Gasteiger partial charge in [-0.1, -0.05) is 12.2 Å². The second kappa shape index (κ2) is 5.26. The summed E-state index contributed by atoms with van der Waals surface area (Å²) in [5.41, 5.74) is -1.01. The highest BCUT2D eigenvalue weighted by molar-refractivity contribution is 5.94. The zero-order valence-corrected chi connectivity index (χ0v) is 10.8. The van der Waals surface area contributed by atoms with Crippen LogP contribution in [0.15, 0.2) is 24.4 Å². The summed E-state index contributed by atoms with van der Waals surface area (Å²) in [5.74, 6) is -1.69. The fourth-order valence-electron chi connectivity index (χ4n) is 1.83. The molecule has 1 heterocycles. The molecular weight excluding hydrogens is 260 g/mol. The first kappa shape index (κ1) is 14.0. The minimum absolute atomic E-state index is 0.104. The number of allylic oxidation sites excluding steroid dienone is 1. The van der Waals surface area contributed by atoms with E-state index in [1.54, 1.807) is 31.2 Å². The number of aromatic nitrogens is 1. The van der Waals surface area contributed by atoms with Crippen molar-refractivity contribution in [3.8, 4) is 0 Å². The number of nitrogens with one attached hydrogen (secondary N) is 1. The monoisotopic (exact) mass is 274 g/mol. The van der Waals surface area contributed by atoms with Crippen LogP contribution in [-0.4, -0.2) is 39.2 Å². The Kier molecular flexibility index (Phi) is 3.67. The minimum atomic E-state index is -1.12. The van der Waals surface area contributed by atoms with E-state index in [-0.39, 0.29) is 5.69 Å². The van der Waals surface area contributed by atoms with Gasteiger partial charge in [0, 0.05) is 6.20 Å². The van der Waals surface area contributed by atoms with Gasteiger partial charge in [0.2, 0.25) is 0 Å². The number of aliphatic hydroxyl groups is 1. The first-order chi connectivity index (χ1) is 9.37. The molecule has 1 aromatic rings. The summed E-state index contributed by atoms with van der Waals surface area (Å²) in [4.78, 5) is 26.1. The number of carboxylic acid groups (broad SMARTS) is 1. The Morgan fingerprint density at radius 2 is 2.15 bits per heavy atom. The smallest absolute Gasteiger partial charge is 0.322 e. The second-order valence-corrected chi connectivity index (χ2v) is 4.67. The molecule has 1 aliphatic carbocycles. The molecule has 0 saturated carbocycles. The number of nitrogens with zero attached hydrogens (tertiary/aromatic N) is 1. The van der Waals surface area contributed by atoms with Crippen LogP contribution in [0.1, 0.15) is 17.4 Å². The molecule has 1 aromatic heterocycles. The Morgan fingerprint density at radius 3 is 2.85 bits per heavy atom. The zero-order chi connectivity index (χ0) is 14.8. The maximum Gasteiger partial charge on any atom is 0.322 e. The highest BCUT2D eigenvalue weighted by atomic mass is 16.4. The number of hydrogen-bond acceptors (Lipinski definition) is 4. The van der Waals surface area contributed by atoms with Crippen LogP contribution in [-0.2, 0) is 4.79 Å². The van der Waals surface area contributed by atoms with Gasteiger partial charge in [-0.25, -0.2) is 0 Å². The van der Waals surface area contributed by atoms with Crippen molar-refractivity contribution in [1.82, 2.24) is 10.3 Å². The molecule has 1 amide bonds. The van der Waals surface area contributed by atoms with E-state index in [1.165, 1.54) is 12.3 Å². The first-order valence-corrected chi connectivity index (χ1v) is 5.98. The van der Waals surface area contributed by atoms with Gasteiger partial charge < -0.3 is 15.5 Å². The average Bonchev–Trinajstić information content (AvgIpc) is 2.51. The molecule has 0 fully saturated rings. The Morgan fingerprint density at radius 1 is 1.40 bits per heavy atom. The van der Waals surface area contributed by atoms with E-state index >= 15 is 0 Å². The Labute approximate surface area is 114 Å². The fraction of sp³-hybridized carbons (Fsp3) is 0.214. The molecule has 20 heavy (non-hydrogen) atoms. The van der Waals surface area contributed by atoms with E-state index in [0.29, 0.717) is 5.22 Å². The lowest BCUT2D eigenvalue weighted by molar-refractivity contribution is -0.135. The Hall–Kier alpha value is -2.47. The maximum atomic E-state index is 11.7. The number of hydrogen-bond donors (Lipinski definition) is 3. The summed E-state index contributed by atoms with van der Waals surface area (Å²) >= 11 is 0. The molecule has 0 spiro atoms. The molecule has 6 heteroatoms. The third-order valence-electron chi connectivity index (χ3n) is 2.76. The number of amides is 1. The number of aliphatic carboxylic acids is 1. The normalized spacial score (nSPS) is 20.1. The molecule has 0 saturated heterocycles. The van der Waals surface area contributed by atoms with Crippen LogP contribution < -0.4 is 15.8 Å². The van der Waals surface area contributed by atoms with Gasteiger partial charge in [-0.05, 0) is 35.6 Å². The van der Waals surface area contributed by atoms with Gasteiger partial charge >= 0.3 is 5.97 Å². The van der Waals surface area contributed by atoms with E-state index in [0.717, 1.165) is 5.22 Å². The van der Waals surface area contributed by atoms with Gasteiger partial charge in [-0.3, -0.25) is 14.6 Å². The lowest BCUT2D eigenvalue weighted by Gasteiger charge is -2.11. The average molecular weight is 274 g/mol. The van der Waals surface area contributed by atoms with E-state index < -0.39 is 24.0 Å². The lowest BCUT2D eigenvalue weighted by Crippen LogP contribution is -2.34. The number of carbonyl (C=O) groups is 2. The zero-order valence-electron chi connectivity index (χ0n) is 10.8. The maximum absolute atomic E-state index is 11.7. The summed E-state index contributed by atoms with van der Waals surface area (Å²) in [6.07, 6.45) is 8.23. The predicted octanol–water partition coefficient (Wildman–Crippen LogP) is -1.22. The van der Waals surface area contributed by atoms with Gasteiger partial charge in [0.15, 0.2) is 0 Å². The molecule has 1 atom stereocenters. The fourth-order valence-corrected chi connectivity index (χ4v) is 1.83. The van der Waals surface area contributed by atoms with Crippen molar-refractivity contribution in [2.24, 2.45) is 0 Å². The summed E-state index contributed by atoms with van der Waals surface area (Å²) in [5, 5.41) is 22.2. The molecular formula is C14H14N2O4. The highest BCUT2D eigenvalue weighted by Gasteiger charge is 2.14. The van der Waals surface area contributed by atoms with Gasteiger partial charge in [0.05, 0.1) is 5.60 Å². The topological polar surface area (TPSA) is 99.5 Å². The van der Waals surface area contributed by atoms with Gasteiger partial charge in [0.25, 0.3) is 5.91 Å². The van der Waals surface area contributed by atoms with E-state index in [4.69, 9.17) is 5.11 Å². The molecule has 0 aromatic carbocycles. The lowest BCUT2D eigenvalue weighted by atomic mass is 10.1. The van der Waals surface area contributed by atoms with Crippen molar-refractivity contribution >= 4 is 24.0 Å². The van der Waals surface area contributed by atoms with Crippen LogP contribution in [0.25, 0.3) is 12.2 Å². The molecule has 0 bridgehead atoms. The van der Waals surface area contributed by atoms with Gasteiger partial charge in [-0.2, -0.15) is 0 Å². The standard InChI is InChI=1S/C14H14N2O4/c1-14(20)4-2-3-9-7-15-11(5-10(9)6-14)13(19)16-8-12(17)18/h2-7,20H,8H2,1H3,(H,16,19)(H,17,18). The number of carboxylic acids is 1. The molecule has 2 rings (SSSR count). The molecule has 1 aliphatic rings. The van der Waals surface area contributed by atoms with Gasteiger partial charge in [-0.15, -0.1) is 0 Å². The van der Waals surface area contributed by atoms with Crippen molar-refractivity contribution in [2.45, 2.75) is 12.5 Å². The van der Waals surface area contributed by atoms with E-state index in [1.807, 2.05) is 0 Å². The van der Waals surface area contributed by atoms with Crippen molar-refractivity contribution in [3.05, 3.63) is 40.5 Å². The van der Waals surface area contributed by atoms with E-state index in [9.17, 15) is 14.7 Å². The largest absolute Gasteiger partial charge is 0.480 e. The quantitative estimate of drug-likeness (QED) is 0.641. The molecule has 0 aliphatic heterocycles. The molecule has 6 nitrogen and oxygen atoms in total. The third-order valence-corrected chi connectivity index (χ3v) is 2.76. The van der Waals surface area contributed by atoms with Crippen LogP contribution in [0.3, 0.4) is 0 Å². The summed E-state index contributed by atoms with van der Waals surface area (Å²) < 4.78 is 0. The Balaban J connectivity index is 2.38. The molecule has 1 unspecified atom stereocenters. The third kappa shape index (κ3) is 3.30. The van der Waals surface area contributed by atoms with Crippen molar-refractivity contribution in [3.63, 3.8) is 0 Å². The van der Waals surface area contributed by atoms with Crippen LogP contribution in [0.4, 0.5) is 0 Å². The number of carbonyl (C=O) groups excluding carboxylic acids is 1. The SMILES string of the molecule is CC1(O)C=CC=c2cnc(C(=O)NCC(=O)O)cc2=C1.